The number of methoxy groups -OCH3 is 1. The van der Waals surface area contributed by atoms with E-state index in [1.807, 2.05) is 0 Å². The van der Waals surface area contributed by atoms with Gasteiger partial charge in [0.05, 0.1) is 22.4 Å². The summed E-state index contributed by atoms with van der Waals surface area (Å²) in [7, 11) is 1.75. The maximum absolute atomic E-state index is 10.8. The first kappa shape index (κ1) is 16.9. The zero-order valence-electron chi connectivity index (χ0n) is 13.8. The fourth-order valence-corrected chi connectivity index (χ4v) is 4.16. The van der Waals surface area contributed by atoms with Crippen LogP contribution in [0, 0.1) is 0 Å². The molecule has 1 aliphatic rings. The smallest absolute Gasteiger partial charge is 0.0955 e. The van der Waals surface area contributed by atoms with Crippen LogP contribution >= 0.6 is 11.3 Å². The second-order valence-electron chi connectivity index (χ2n) is 7.28. The molecule has 2 rings (SSSR count). The fourth-order valence-electron chi connectivity index (χ4n) is 3.10. The van der Waals surface area contributed by atoms with Crippen molar-refractivity contribution in [1.82, 2.24) is 4.98 Å². The summed E-state index contributed by atoms with van der Waals surface area (Å²) in [6.07, 6.45) is 6.87. The van der Waals surface area contributed by atoms with E-state index in [-0.39, 0.29) is 11.0 Å². The van der Waals surface area contributed by atoms with Crippen LogP contribution in [0.2, 0.25) is 0 Å². The Morgan fingerprint density at radius 3 is 2.38 bits per heavy atom. The second-order valence-corrected chi connectivity index (χ2v) is 8.22. The van der Waals surface area contributed by atoms with Gasteiger partial charge in [0.15, 0.2) is 0 Å². The Morgan fingerprint density at radius 1 is 1.29 bits per heavy atom. The first-order valence-electron chi connectivity index (χ1n) is 8.05. The molecule has 0 saturated heterocycles. The number of aromatic nitrogens is 1. The van der Waals surface area contributed by atoms with Gasteiger partial charge in [0.2, 0.25) is 0 Å². The molecule has 1 heterocycles. The number of thiazole rings is 1. The Balaban J connectivity index is 2.08. The van der Waals surface area contributed by atoms with E-state index >= 15 is 0 Å². The van der Waals surface area contributed by atoms with Crippen molar-refractivity contribution in [2.75, 3.05) is 7.11 Å². The van der Waals surface area contributed by atoms with Crippen LogP contribution in [0.5, 0.6) is 0 Å². The summed E-state index contributed by atoms with van der Waals surface area (Å²) in [5.74, 6) is 0. The highest BCUT2D eigenvalue weighted by atomic mass is 32.1. The van der Waals surface area contributed by atoms with E-state index in [1.54, 1.807) is 18.4 Å². The van der Waals surface area contributed by atoms with Crippen molar-refractivity contribution in [1.29, 1.82) is 0 Å². The zero-order chi connectivity index (χ0) is 15.5. The number of aliphatic hydroxyl groups excluding tert-OH is 1. The molecule has 120 valence electrons. The molecule has 0 aliphatic heterocycles. The standard InChI is InChI=1S/C17H29NO2S/c1-16(2,3)13-12-21-15(18-13)11-14(19)17(20-4)9-7-5-6-8-10-17/h12,14,19H,5-11H2,1-4H3. The average molecular weight is 311 g/mol. The van der Waals surface area contributed by atoms with Crippen molar-refractivity contribution in [3.05, 3.63) is 16.1 Å². The predicted octanol–water partition coefficient (Wildman–Crippen LogP) is 4.08. The maximum atomic E-state index is 10.8. The van der Waals surface area contributed by atoms with Gasteiger partial charge >= 0.3 is 0 Å². The van der Waals surface area contributed by atoms with E-state index < -0.39 is 6.10 Å². The number of rotatable bonds is 4. The summed E-state index contributed by atoms with van der Waals surface area (Å²) >= 11 is 1.66. The highest BCUT2D eigenvalue weighted by Gasteiger charge is 2.38. The molecule has 1 aromatic heterocycles. The highest BCUT2D eigenvalue weighted by Crippen LogP contribution is 2.35. The van der Waals surface area contributed by atoms with Gasteiger partial charge < -0.3 is 9.84 Å². The Morgan fingerprint density at radius 2 is 1.90 bits per heavy atom. The minimum atomic E-state index is -0.459. The Labute approximate surface area is 132 Å². The van der Waals surface area contributed by atoms with E-state index in [9.17, 15) is 5.11 Å². The summed E-state index contributed by atoms with van der Waals surface area (Å²) in [5, 5.41) is 13.9. The third-order valence-electron chi connectivity index (χ3n) is 4.65. The van der Waals surface area contributed by atoms with Crippen molar-refractivity contribution in [2.24, 2.45) is 0 Å². The molecule has 0 spiro atoms. The summed E-state index contributed by atoms with van der Waals surface area (Å²) in [4.78, 5) is 4.71. The predicted molar refractivity (Wildman–Crippen MR) is 88.0 cm³/mol. The molecule has 0 aromatic carbocycles. The third-order valence-corrected chi connectivity index (χ3v) is 5.52. The van der Waals surface area contributed by atoms with Crippen molar-refractivity contribution >= 4 is 11.3 Å². The summed E-state index contributed by atoms with van der Waals surface area (Å²) in [6, 6.07) is 0. The molecule has 0 radical (unpaired) electrons. The molecular formula is C17H29NO2S. The second kappa shape index (κ2) is 6.76. The van der Waals surface area contributed by atoms with Gasteiger partial charge in [0.25, 0.3) is 0 Å². The third kappa shape index (κ3) is 4.05. The lowest BCUT2D eigenvalue weighted by Gasteiger charge is -2.36. The van der Waals surface area contributed by atoms with E-state index in [4.69, 9.17) is 9.72 Å². The first-order chi connectivity index (χ1) is 9.87. The Kier molecular flexibility index (Phi) is 5.44. The lowest BCUT2D eigenvalue weighted by Crippen LogP contribution is -2.45. The van der Waals surface area contributed by atoms with Gasteiger partial charge in [-0.15, -0.1) is 11.3 Å². The van der Waals surface area contributed by atoms with Crippen LogP contribution in [-0.4, -0.2) is 28.9 Å². The van der Waals surface area contributed by atoms with Crippen LogP contribution in [0.4, 0.5) is 0 Å². The van der Waals surface area contributed by atoms with Crippen molar-refractivity contribution < 1.29 is 9.84 Å². The SMILES string of the molecule is COC1(C(O)Cc2nc(C(C)(C)C)cs2)CCCCCC1. The Hall–Kier alpha value is -0.450. The van der Waals surface area contributed by atoms with Crippen LogP contribution in [0.3, 0.4) is 0 Å². The van der Waals surface area contributed by atoms with E-state index in [0.29, 0.717) is 6.42 Å². The van der Waals surface area contributed by atoms with Gasteiger partial charge in [0.1, 0.15) is 0 Å². The average Bonchev–Trinajstić information content (AvgIpc) is 2.75. The molecule has 1 atom stereocenters. The van der Waals surface area contributed by atoms with Gasteiger partial charge in [-0.3, -0.25) is 0 Å². The van der Waals surface area contributed by atoms with E-state index in [1.165, 1.54) is 12.8 Å². The van der Waals surface area contributed by atoms with Crippen LogP contribution in [-0.2, 0) is 16.6 Å². The number of nitrogens with zero attached hydrogens (tertiary/aromatic N) is 1. The summed E-state index contributed by atoms with van der Waals surface area (Å²) in [6.45, 7) is 6.51. The van der Waals surface area contributed by atoms with Crippen molar-refractivity contribution in [3.63, 3.8) is 0 Å². The molecule has 1 aromatic rings. The van der Waals surface area contributed by atoms with Crippen molar-refractivity contribution in [2.45, 2.75) is 82.8 Å². The minimum absolute atomic E-state index is 0.0704. The van der Waals surface area contributed by atoms with Crippen LogP contribution in [0.1, 0.15) is 70.0 Å². The molecule has 3 nitrogen and oxygen atoms in total. The number of hydrogen-bond donors (Lipinski definition) is 1. The van der Waals surface area contributed by atoms with Gasteiger partial charge in [-0.05, 0) is 12.8 Å². The number of aliphatic hydroxyl groups is 1. The van der Waals surface area contributed by atoms with Crippen LogP contribution < -0.4 is 0 Å². The van der Waals surface area contributed by atoms with Gasteiger partial charge in [0, 0.05) is 24.3 Å². The maximum Gasteiger partial charge on any atom is 0.0955 e. The normalized spacial score (nSPS) is 21.0. The molecule has 1 N–H and O–H groups in total. The van der Waals surface area contributed by atoms with Crippen LogP contribution in [0.25, 0.3) is 0 Å². The topological polar surface area (TPSA) is 42.4 Å². The molecule has 21 heavy (non-hydrogen) atoms. The van der Waals surface area contributed by atoms with Gasteiger partial charge in [-0.1, -0.05) is 46.5 Å². The van der Waals surface area contributed by atoms with Gasteiger partial charge in [-0.2, -0.15) is 0 Å². The minimum Gasteiger partial charge on any atom is -0.390 e. The summed E-state index contributed by atoms with van der Waals surface area (Å²) < 4.78 is 5.79. The highest BCUT2D eigenvalue weighted by molar-refractivity contribution is 7.09. The molecule has 0 amide bonds. The molecule has 1 fully saturated rings. The summed E-state index contributed by atoms with van der Waals surface area (Å²) in [5.41, 5.74) is 0.812. The fraction of sp³-hybridized carbons (Fsp3) is 0.824. The monoisotopic (exact) mass is 311 g/mol. The largest absolute Gasteiger partial charge is 0.390 e. The first-order valence-corrected chi connectivity index (χ1v) is 8.93. The van der Waals surface area contributed by atoms with Gasteiger partial charge in [-0.25, -0.2) is 4.98 Å². The molecule has 4 heteroatoms. The quantitative estimate of drug-likeness (QED) is 0.852. The molecule has 1 unspecified atom stereocenters. The van der Waals surface area contributed by atoms with Crippen LogP contribution in [0.15, 0.2) is 5.38 Å². The molecular weight excluding hydrogens is 282 g/mol. The molecule has 1 saturated carbocycles. The van der Waals surface area contributed by atoms with E-state index in [0.717, 1.165) is 36.4 Å². The van der Waals surface area contributed by atoms with Crippen molar-refractivity contribution in [3.8, 4) is 0 Å². The number of ether oxygens (including phenoxy) is 1. The lowest BCUT2D eigenvalue weighted by molar-refractivity contribution is -0.111. The Bertz CT molecular complexity index is 442. The molecule has 0 bridgehead atoms. The zero-order valence-corrected chi connectivity index (χ0v) is 14.6. The van der Waals surface area contributed by atoms with E-state index in [2.05, 4.69) is 26.2 Å². The molecule has 1 aliphatic carbocycles. The lowest BCUT2D eigenvalue weighted by atomic mass is 9.86. The number of hydrogen-bond acceptors (Lipinski definition) is 4.